The van der Waals surface area contributed by atoms with E-state index in [-0.39, 0.29) is 11.5 Å². The molecule has 0 aromatic heterocycles. The quantitative estimate of drug-likeness (QED) is 0.680. The standard InChI is InChI=1S/C21H32O3/c1-19-9-10-21(23-11-12-24-21)13-14(19)3-4-15-16-5-6-18(22)20(16,2)8-7-17(15)19/h13,15-18,22H,3-12H2,1-2H3/t15-,16+,17+,18+,19-,20-/m1/s1. The molecular weight excluding hydrogens is 300 g/mol. The number of rotatable bonds is 0. The van der Waals surface area contributed by atoms with E-state index in [1.54, 1.807) is 5.57 Å². The zero-order valence-corrected chi connectivity index (χ0v) is 15.2. The molecular formula is C21H32O3. The van der Waals surface area contributed by atoms with Gasteiger partial charge in [0.25, 0.3) is 0 Å². The summed E-state index contributed by atoms with van der Waals surface area (Å²) in [5.41, 5.74) is 2.13. The predicted molar refractivity (Wildman–Crippen MR) is 92.3 cm³/mol. The van der Waals surface area contributed by atoms with Crippen LogP contribution in [0.5, 0.6) is 0 Å². The normalized spacial score (nSPS) is 52.5. The molecule has 0 aromatic carbocycles. The Balaban J connectivity index is 1.47. The summed E-state index contributed by atoms with van der Waals surface area (Å²) in [4.78, 5) is 0. The molecule has 3 heteroatoms. The molecule has 1 saturated heterocycles. The van der Waals surface area contributed by atoms with Crippen molar-refractivity contribution >= 4 is 0 Å². The molecule has 1 aliphatic heterocycles. The molecule has 0 unspecified atom stereocenters. The molecule has 5 rings (SSSR count). The first-order valence-corrected chi connectivity index (χ1v) is 10.2. The van der Waals surface area contributed by atoms with Crippen molar-refractivity contribution in [1.82, 2.24) is 0 Å². The van der Waals surface area contributed by atoms with Gasteiger partial charge in [0.1, 0.15) is 0 Å². The highest BCUT2D eigenvalue weighted by atomic mass is 16.7. The lowest BCUT2D eigenvalue weighted by Gasteiger charge is -2.58. The molecule has 1 heterocycles. The van der Waals surface area contributed by atoms with E-state index in [9.17, 15) is 5.11 Å². The molecule has 6 atom stereocenters. The average Bonchev–Trinajstić information content (AvgIpc) is 3.14. The molecule has 24 heavy (non-hydrogen) atoms. The van der Waals surface area contributed by atoms with Gasteiger partial charge in [0.05, 0.1) is 19.3 Å². The topological polar surface area (TPSA) is 38.7 Å². The molecule has 4 fully saturated rings. The van der Waals surface area contributed by atoms with Crippen LogP contribution in [0, 0.1) is 28.6 Å². The molecule has 0 bridgehead atoms. The van der Waals surface area contributed by atoms with Crippen LogP contribution in [0.1, 0.15) is 65.2 Å². The molecule has 4 aliphatic carbocycles. The van der Waals surface area contributed by atoms with Crippen molar-refractivity contribution < 1.29 is 14.6 Å². The van der Waals surface area contributed by atoms with Crippen molar-refractivity contribution in [2.24, 2.45) is 28.6 Å². The number of hydrogen-bond donors (Lipinski definition) is 1. The Morgan fingerprint density at radius 2 is 1.75 bits per heavy atom. The van der Waals surface area contributed by atoms with E-state index in [4.69, 9.17) is 9.47 Å². The minimum absolute atomic E-state index is 0.0666. The van der Waals surface area contributed by atoms with E-state index in [1.165, 1.54) is 38.5 Å². The van der Waals surface area contributed by atoms with Gasteiger partial charge >= 0.3 is 0 Å². The average molecular weight is 332 g/mol. The van der Waals surface area contributed by atoms with Crippen molar-refractivity contribution in [3.8, 4) is 0 Å². The van der Waals surface area contributed by atoms with E-state index < -0.39 is 5.79 Å². The van der Waals surface area contributed by atoms with Gasteiger partial charge in [-0.1, -0.05) is 19.4 Å². The monoisotopic (exact) mass is 332 g/mol. The number of aliphatic hydroxyl groups excluding tert-OH is 1. The second-order valence-electron chi connectivity index (χ2n) is 9.65. The van der Waals surface area contributed by atoms with E-state index in [1.807, 2.05) is 0 Å². The van der Waals surface area contributed by atoms with E-state index in [0.717, 1.165) is 43.8 Å². The van der Waals surface area contributed by atoms with Crippen LogP contribution >= 0.6 is 0 Å². The Hall–Kier alpha value is -0.380. The van der Waals surface area contributed by atoms with E-state index in [2.05, 4.69) is 19.9 Å². The second kappa shape index (κ2) is 5.08. The van der Waals surface area contributed by atoms with Crippen molar-refractivity contribution in [3.63, 3.8) is 0 Å². The summed E-state index contributed by atoms with van der Waals surface area (Å²) in [7, 11) is 0. The van der Waals surface area contributed by atoms with Crippen LogP contribution in [0.4, 0.5) is 0 Å². The van der Waals surface area contributed by atoms with Crippen LogP contribution < -0.4 is 0 Å². The van der Waals surface area contributed by atoms with Gasteiger partial charge < -0.3 is 14.6 Å². The van der Waals surface area contributed by atoms with E-state index in [0.29, 0.717) is 5.41 Å². The van der Waals surface area contributed by atoms with Crippen molar-refractivity contribution in [3.05, 3.63) is 11.6 Å². The Morgan fingerprint density at radius 1 is 0.958 bits per heavy atom. The first-order chi connectivity index (χ1) is 11.5. The number of allylic oxidation sites excluding steroid dienone is 1. The van der Waals surface area contributed by atoms with Gasteiger partial charge in [0.15, 0.2) is 5.79 Å². The van der Waals surface area contributed by atoms with Crippen LogP contribution in [0.15, 0.2) is 11.6 Å². The summed E-state index contributed by atoms with van der Waals surface area (Å²) >= 11 is 0. The molecule has 3 saturated carbocycles. The van der Waals surface area contributed by atoms with Crippen LogP contribution in [-0.2, 0) is 9.47 Å². The zero-order valence-electron chi connectivity index (χ0n) is 15.2. The maximum Gasteiger partial charge on any atom is 0.188 e. The fourth-order valence-corrected chi connectivity index (χ4v) is 7.35. The summed E-state index contributed by atoms with van der Waals surface area (Å²) < 4.78 is 12.0. The maximum atomic E-state index is 10.6. The lowest BCUT2D eigenvalue weighted by molar-refractivity contribution is -0.145. The highest BCUT2D eigenvalue weighted by Crippen LogP contribution is 2.66. The van der Waals surface area contributed by atoms with Crippen LogP contribution in [-0.4, -0.2) is 30.2 Å². The first kappa shape index (κ1) is 15.8. The van der Waals surface area contributed by atoms with E-state index >= 15 is 0 Å². The molecule has 0 radical (unpaired) electrons. The Labute approximate surface area is 145 Å². The largest absolute Gasteiger partial charge is 0.393 e. The molecule has 1 spiro atoms. The highest BCUT2D eigenvalue weighted by molar-refractivity contribution is 5.27. The minimum atomic E-state index is -0.394. The van der Waals surface area contributed by atoms with Crippen LogP contribution in [0.2, 0.25) is 0 Å². The summed E-state index contributed by atoms with van der Waals surface area (Å²) in [6.45, 7) is 6.37. The SMILES string of the molecule is C[C@@]12CC[C@H]3[C@H](CCC4=CC5(CC[C@]43C)OCCO5)[C@@H]1CC[C@@H]2O. The van der Waals surface area contributed by atoms with Gasteiger partial charge in [-0.25, -0.2) is 0 Å². The Bertz CT molecular complexity index is 563. The van der Waals surface area contributed by atoms with Gasteiger partial charge in [0, 0.05) is 6.42 Å². The number of hydrogen-bond acceptors (Lipinski definition) is 3. The van der Waals surface area contributed by atoms with Gasteiger partial charge in [-0.2, -0.15) is 0 Å². The van der Waals surface area contributed by atoms with Crippen LogP contribution in [0.25, 0.3) is 0 Å². The number of ether oxygens (including phenoxy) is 2. The van der Waals surface area contributed by atoms with Crippen LogP contribution in [0.3, 0.4) is 0 Å². The van der Waals surface area contributed by atoms with Gasteiger partial charge in [-0.3, -0.25) is 0 Å². The molecule has 1 N–H and O–H groups in total. The maximum absolute atomic E-state index is 10.6. The number of aliphatic hydroxyl groups is 1. The van der Waals surface area contributed by atoms with Crippen molar-refractivity contribution in [2.75, 3.05) is 13.2 Å². The fraction of sp³-hybridized carbons (Fsp3) is 0.905. The summed E-state index contributed by atoms with van der Waals surface area (Å²) in [5.74, 6) is 1.94. The Kier molecular flexibility index (Phi) is 3.35. The lowest BCUT2D eigenvalue weighted by Crippen LogP contribution is -2.52. The van der Waals surface area contributed by atoms with Gasteiger partial charge in [-0.15, -0.1) is 0 Å². The van der Waals surface area contributed by atoms with Gasteiger partial charge in [0.2, 0.25) is 0 Å². The summed E-state index contributed by atoms with van der Waals surface area (Å²) in [6.07, 6.45) is 11.8. The third-order valence-electron chi connectivity index (χ3n) is 8.85. The molecule has 0 aromatic rings. The Morgan fingerprint density at radius 3 is 2.54 bits per heavy atom. The summed E-state index contributed by atoms with van der Waals surface area (Å²) in [6, 6.07) is 0. The van der Waals surface area contributed by atoms with Crippen molar-refractivity contribution in [2.45, 2.75) is 77.1 Å². The minimum Gasteiger partial charge on any atom is -0.393 e. The third kappa shape index (κ3) is 1.95. The first-order valence-electron chi connectivity index (χ1n) is 10.2. The van der Waals surface area contributed by atoms with Gasteiger partial charge in [-0.05, 0) is 79.6 Å². The smallest absolute Gasteiger partial charge is 0.188 e. The summed E-state index contributed by atoms with van der Waals surface area (Å²) in [5, 5.41) is 10.6. The molecule has 0 amide bonds. The predicted octanol–water partition coefficient (Wildman–Crippen LogP) is 4.05. The molecule has 3 nitrogen and oxygen atoms in total. The highest BCUT2D eigenvalue weighted by Gasteiger charge is 2.59. The second-order valence-corrected chi connectivity index (χ2v) is 9.65. The third-order valence-corrected chi connectivity index (χ3v) is 8.85. The lowest BCUT2D eigenvalue weighted by atomic mass is 9.47. The fourth-order valence-electron chi connectivity index (χ4n) is 7.35. The number of fused-ring (bicyclic) bond motifs is 5. The van der Waals surface area contributed by atoms with Crippen molar-refractivity contribution in [1.29, 1.82) is 0 Å². The molecule has 5 aliphatic rings. The zero-order chi connectivity index (χ0) is 16.6. The molecule has 134 valence electrons.